The number of aromatic nitrogens is 1. The summed E-state index contributed by atoms with van der Waals surface area (Å²) in [7, 11) is 2.89. The van der Waals surface area contributed by atoms with Crippen molar-refractivity contribution < 1.29 is 24.2 Å². The van der Waals surface area contributed by atoms with Gasteiger partial charge in [0, 0.05) is 6.07 Å². The number of benzene rings is 3. The summed E-state index contributed by atoms with van der Waals surface area (Å²) in [5.74, 6) is -1.41. The number of aliphatic hydroxyl groups is 1. The van der Waals surface area contributed by atoms with E-state index >= 15 is 0 Å². The molecule has 1 unspecified atom stereocenters. The summed E-state index contributed by atoms with van der Waals surface area (Å²) in [6, 6.07) is 13.5. The number of hydrogen-bond acceptors (Lipinski definition) is 7. The smallest absolute Gasteiger partial charge is 0.301 e. The minimum absolute atomic E-state index is 0.0771. The molecule has 5 rings (SSSR count). The molecular formula is C29H25ClN2O5S. The molecular weight excluding hydrogens is 524 g/mol. The van der Waals surface area contributed by atoms with Crippen molar-refractivity contribution in [2.45, 2.75) is 26.8 Å². The van der Waals surface area contributed by atoms with Crippen LogP contribution < -0.4 is 14.4 Å². The van der Waals surface area contributed by atoms with Crippen LogP contribution in [0.3, 0.4) is 0 Å². The standard InChI is InChI=1S/C29H25ClN2O5S/c1-14-7-6-8-17(9-14)25-24(26(33)18-12-19(30)22(37-5)13-21(18)36-4)27(34)28(35)32(25)29-31-20-10-15(2)16(3)11-23(20)38-29/h6-13,25,33H,1-5H3/b26-24+. The molecule has 1 amide bonds. The molecule has 1 aromatic heterocycles. The van der Waals surface area contributed by atoms with Crippen LogP contribution in [-0.4, -0.2) is 36.0 Å². The Morgan fingerprint density at radius 1 is 1.00 bits per heavy atom. The number of ether oxygens (including phenoxy) is 2. The number of halogens is 1. The zero-order valence-electron chi connectivity index (χ0n) is 21.5. The quantitative estimate of drug-likeness (QED) is 0.173. The van der Waals surface area contributed by atoms with Gasteiger partial charge >= 0.3 is 5.91 Å². The molecule has 0 bridgehead atoms. The van der Waals surface area contributed by atoms with E-state index in [1.54, 1.807) is 0 Å². The maximum Gasteiger partial charge on any atom is 0.301 e. The van der Waals surface area contributed by atoms with Crippen LogP contribution in [-0.2, 0) is 9.59 Å². The highest BCUT2D eigenvalue weighted by Gasteiger charge is 2.48. The van der Waals surface area contributed by atoms with Crippen molar-refractivity contribution in [2.75, 3.05) is 19.1 Å². The Morgan fingerprint density at radius 3 is 2.39 bits per heavy atom. The number of Topliss-reactive ketones (excluding diaryl/α,β-unsaturated/α-hetero) is 1. The average molecular weight is 549 g/mol. The number of carbonyl (C=O) groups excluding carboxylic acids is 2. The fraction of sp³-hybridized carbons (Fsp3) is 0.207. The Hall–Kier alpha value is -3.88. The van der Waals surface area contributed by atoms with Gasteiger partial charge in [-0.1, -0.05) is 52.8 Å². The normalized spacial score (nSPS) is 16.9. The average Bonchev–Trinajstić information content (AvgIpc) is 3.41. The summed E-state index contributed by atoms with van der Waals surface area (Å²) in [5.41, 5.74) is 4.62. The van der Waals surface area contributed by atoms with E-state index in [1.165, 1.54) is 42.6 Å². The third kappa shape index (κ3) is 4.19. The number of thiazole rings is 1. The van der Waals surface area contributed by atoms with Crippen LogP contribution in [0.15, 0.2) is 54.1 Å². The number of ketones is 1. The van der Waals surface area contributed by atoms with Crippen LogP contribution in [0.4, 0.5) is 5.13 Å². The number of nitrogens with zero attached hydrogens (tertiary/aromatic N) is 2. The lowest BCUT2D eigenvalue weighted by Gasteiger charge is -2.23. The Kier molecular flexibility index (Phi) is 6.63. The predicted molar refractivity (Wildman–Crippen MR) is 150 cm³/mol. The molecule has 7 nitrogen and oxygen atoms in total. The maximum absolute atomic E-state index is 13.6. The van der Waals surface area contributed by atoms with Gasteiger partial charge in [0.1, 0.15) is 17.3 Å². The summed E-state index contributed by atoms with van der Waals surface area (Å²) >= 11 is 7.68. The molecule has 1 aliphatic rings. The highest BCUT2D eigenvalue weighted by Crippen LogP contribution is 2.46. The zero-order valence-corrected chi connectivity index (χ0v) is 23.0. The van der Waals surface area contributed by atoms with Crippen molar-refractivity contribution in [3.05, 3.63) is 86.9 Å². The van der Waals surface area contributed by atoms with Crippen molar-refractivity contribution in [1.82, 2.24) is 4.98 Å². The third-order valence-electron chi connectivity index (χ3n) is 6.73. The van der Waals surface area contributed by atoms with Gasteiger partial charge in [0.2, 0.25) is 0 Å². The predicted octanol–water partition coefficient (Wildman–Crippen LogP) is 6.52. The summed E-state index contributed by atoms with van der Waals surface area (Å²) in [6.45, 7) is 5.94. The number of carbonyl (C=O) groups is 2. The largest absolute Gasteiger partial charge is 0.507 e. The number of anilines is 1. The van der Waals surface area contributed by atoms with Gasteiger partial charge in [0.25, 0.3) is 5.78 Å². The second-order valence-electron chi connectivity index (χ2n) is 9.17. The molecule has 9 heteroatoms. The first-order valence-corrected chi connectivity index (χ1v) is 13.0. The molecule has 3 aromatic carbocycles. The third-order valence-corrected chi connectivity index (χ3v) is 8.04. The van der Waals surface area contributed by atoms with E-state index in [0.29, 0.717) is 16.4 Å². The molecule has 38 heavy (non-hydrogen) atoms. The highest BCUT2D eigenvalue weighted by atomic mass is 35.5. The molecule has 1 atom stereocenters. The number of rotatable bonds is 5. The van der Waals surface area contributed by atoms with Gasteiger partial charge in [-0.3, -0.25) is 14.5 Å². The van der Waals surface area contributed by atoms with E-state index in [9.17, 15) is 14.7 Å². The number of amides is 1. The molecule has 0 aliphatic carbocycles. The van der Waals surface area contributed by atoms with Crippen molar-refractivity contribution in [1.29, 1.82) is 0 Å². The second-order valence-corrected chi connectivity index (χ2v) is 10.6. The summed E-state index contributed by atoms with van der Waals surface area (Å²) < 4.78 is 11.6. The van der Waals surface area contributed by atoms with E-state index in [2.05, 4.69) is 0 Å². The molecule has 194 valence electrons. The Labute approximate surface area is 228 Å². The molecule has 0 radical (unpaired) electrons. The number of aryl methyl sites for hydroxylation is 3. The SMILES string of the molecule is COc1cc(OC)c(/C(O)=C2\C(=O)C(=O)N(c3nc4cc(C)c(C)cc4s3)C2c2cccc(C)c2)cc1Cl. The Balaban J connectivity index is 1.77. The molecule has 4 aromatic rings. The van der Waals surface area contributed by atoms with E-state index in [-0.39, 0.29) is 21.9 Å². The van der Waals surface area contributed by atoms with Gasteiger partial charge in [0.15, 0.2) is 5.13 Å². The second kappa shape index (κ2) is 9.78. The molecule has 1 fully saturated rings. The lowest BCUT2D eigenvalue weighted by molar-refractivity contribution is -0.132. The minimum Gasteiger partial charge on any atom is -0.507 e. The molecule has 0 spiro atoms. The van der Waals surface area contributed by atoms with Gasteiger partial charge in [-0.2, -0.15) is 0 Å². The van der Waals surface area contributed by atoms with Gasteiger partial charge in [-0.25, -0.2) is 4.98 Å². The maximum atomic E-state index is 13.6. The Bertz CT molecular complexity index is 1620. The Morgan fingerprint density at radius 2 is 1.71 bits per heavy atom. The fourth-order valence-electron chi connectivity index (χ4n) is 4.65. The van der Waals surface area contributed by atoms with E-state index < -0.39 is 23.5 Å². The summed E-state index contributed by atoms with van der Waals surface area (Å²) in [6.07, 6.45) is 0. The van der Waals surface area contributed by atoms with Crippen molar-refractivity contribution in [2.24, 2.45) is 0 Å². The van der Waals surface area contributed by atoms with Gasteiger partial charge < -0.3 is 14.6 Å². The van der Waals surface area contributed by atoms with Crippen molar-refractivity contribution in [3.8, 4) is 11.5 Å². The van der Waals surface area contributed by atoms with Gasteiger partial charge in [0.05, 0.1) is 46.6 Å². The first kappa shape index (κ1) is 25.8. The molecule has 0 saturated carbocycles. The van der Waals surface area contributed by atoms with Crippen LogP contribution in [0.5, 0.6) is 11.5 Å². The van der Waals surface area contributed by atoms with E-state index in [1.807, 2.05) is 57.2 Å². The summed E-state index contributed by atoms with van der Waals surface area (Å²) in [5, 5.41) is 12.2. The van der Waals surface area contributed by atoms with Gasteiger partial charge in [-0.05, 0) is 55.7 Å². The van der Waals surface area contributed by atoms with Crippen LogP contribution >= 0.6 is 22.9 Å². The number of methoxy groups -OCH3 is 2. The highest BCUT2D eigenvalue weighted by molar-refractivity contribution is 7.22. The van der Waals surface area contributed by atoms with Crippen molar-refractivity contribution in [3.63, 3.8) is 0 Å². The summed E-state index contributed by atoms with van der Waals surface area (Å²) in [4.78, 5) is 33.2. The number of hydrogen-bond donors (Lipinski definition) is 1. The number of fused-ring (bicyclic) bond motifs is 1. The minimum atomic E-state index is -0.914. The zero-order chi connectivity index (χ0) is 27.3. The van der Waals surface area contributed by atoms with Gasteiger partial charge in [-0.15, -0.1) is 0 Å². The van der Waals surface area contributed by atoms with Crippen molar-refractivity contribution >= 4 is 55.7 Å². The van der Waals surface area contributed by atoms with Crippen LogP contribution in [0.1, 0.15) is 33.9 Å². The van der Waals surface area contributed by atoms with E-state index in [4.69, 9.17) is 26.1 Å². The monoisotopic (exact) mass is 548 g/mol. The van der Waals surface area contributed by atoms with Crippen LogP contribution in [0.25, 0.3) is 16.0 Å². The van der Waals surface area contributed by atoms with E-state index in [0.717, 1.165) is 26.9 Å². The first-order chi connectivity index (χ1) is 18.1. The fourth-order valence-corrected chi connectivity index (χ4v) is 5.96. The topological polar surface area (TPSA) is 89.0 Å². The molecule has 1 aliphatic heterocycles. The lowest BCUT2D eigenvalue weighted by Crippen LogP contribution is -2.29. The molecule has 2 heterocycles. The number of aliphatic hydroxyl groups excluding tert-OH is 1. The molecule has 1 N–H and O–H groups in total. The van der Waals surface area contributed by atoms with Crippen LogP contribution in [0.2, 0.25) is 5.02 Å². The molecule has 1 saturated heterocycles. The van der Waals surface area contributed by atoms with Crippen LogP contribution in [0, 0.1) is 20.8 Å². The first-order valence-electron chi connectivity index (χ1n) is 11.8. The lowest BCUT2D eigenvalue weighted by atomic mass is 9.94.